The van der Waals surface area contributed by atoms with E-state index in [4.69, 9.17) is 10.2 Å². The molecule has 0 aromatic heterocycles. The molecule has 0 fully saturated rings. The van der Waals surface area contributed by atoms with Crippen LogP contribution < -0.4 is 0 Å². The summed E-state index contributed by atoms with van der Waals surface area (Å²) in [7, 11) is 0. The molecule has 0 aliphatic heterocycles. The van der Waals surface area contributed by atoms with Crippen molar-refractivity contribution in [1.82, 2.24) is 0 Å². The van der Waals surface area contributed by atoms with Crippen LogP contribution in [0.3, 0.4) is 0 Å². The minimum absolute atomic E-state index is 0.161. The standard InChI is InChI=1S/C16H26O8/c1-3-5-10(14(19)20)7-12(16(23)24)8-11(15(21)22)6-9(4-2)13(17)18/h9-12H,3-8H2,1-2H3,(H,17,18)(H,19,20)(H,21,22)(H,23,24). The van der Waals surface area contributed by atoms with Gasteiger partial charge in [-0.15, -0.1) is 0 Å². The molecule has 0 heterocycles. The molecule has 4 unspecified atom stereocenters. The van der Waals surface area contributed by atoms with Crippen molar-refractivity contribution in [3.63, 3.8) is 0 Å². The lowest BCUT2D eigenvalue weighted by molar-refractivity contribution is -0.148. The van der Waals surface area contributed by atoms with E-state index in [9.17, 15) is 29.4 Å². The zero-order valence-corrected chi connectivity index (χ0v) is 14.0. The molecule has 4 N–H and O–H groups in total. The van der Waals surface area contributed by atoms with E-state index in [-0.39, 0.29) is 25.7 Å². The third-order valence-electron chi connectivity index (χ3n) is 4.23. The van der Waals surface area contributed by atoms with Crippen LogP contribution in [0.25, 0.3) is 0 Å². The first-order valence-electron chi connectivity index (χ1n) is 8.05. The molecule has 0 spiro atoms. The predicted molar refractivity (Wildman–Crippen MR) is 83.6 cm³/mol. The van der Waals surface area contributed by atoms with Gasteiger partial charge in [0, 0.05) is 0 Å². The Morgan fingerprint density at radius 3 is 1.25 bits per heavy atom. The second-order valence-electron chi connectivity index (χ2n) is 6.04. The maximum Gasteiger partial charge on any atom is 0.306 e. The number of aliphatic carboxylic acids is 4. The number of carbonyl (C=O) groups is 4. The molecule has 0 saturated heterocycles. The van der Waals surface area contributed by atoms with Gasteiger partial charge in [-0.2, -0.15) is 0 Å². The van der Waals surface area contributed by atoms with E-state index < -0.39 is 47.5 Å². The Hall–Kier alpha value is -2.12. The van der Waals surface area contributed by atoms with Gasteiger partial charge in [0.05, 0.1) is 23.7 Å². The molecule has 0 aliphatic carbocycles. The topological polar surface area (TPSA) is 149 Å². The molecule has 0 aromatic carbocycles. The zero-order chi connectivity index (χ0) is 18.9. The molecule has 0 radical (unpaired) electrons. The average molecular weight is 346 g/mol. The van der Waals surface area contributed by atoms with E-state index >= 15 is 0 Å². The normalized spacial score (nSPS) is 15.9. The molecule has 0 aromatic rings. The van der Waals surface area contributed by atoms with Crippen LogP contribution in [0.15, 0.2) is 0 Å². The van der Waals surface area contributed by atoms with Crippen molar-refractivity contribution < 1.29 is 39.6 Å². The molecular formula is C16H26O8. The molecule has 0 rings (SSSR count). The summed E-state index contributed by atoms with van der Waals surface area (Å²) < 4.78 is 0. The fourth-order valence-electron chi connectivity index (χ4n) is 2.76. The summed E-state index contributed by atoms with van der Waals surface area (Å²) in [5.74, 6) is -8.74. The second kappa shape index (κ2) is 10.6. The number of hydrogen-bond acceptors (Lipinski definition) is 4. The molecule has 8 nitrogen and oxygen atoms in total. The summed E-state index contributed by atoms with van der Waals surface area (Å²) >= 11 is 0. The molecule has 0 saturated carbocycles. The molecule has 0 amide bonds. The van der Waals surface area contributed by atoms with Gasteiger partial charge in [0.1, 0.15) is 0 Å². The maximum atomic E-state index is 11.4. The van der Waals surface area contributed by atoms with Crippen LogP contribution >= 0.6 is 0 Å². The third-order valence-corrected chi connectivity index (χ3v) is 4.23. The van der Waals surface area contributed by atoms with Crippen LogP contribution in [0.5, 0.6) is 0 Å². The molecular weight excluding hydrogens is 320 g/mol. The van der Waals surface area contributed by atoms with Crippen molar-refractivity contribution >= 4 is 23.9 Å². The highest BCUT2D eigenvalue weighted by Crippen LogP contribution is 2.28. The van der Waals surface area contributed by atoms with Crippen molar-refractivity contribution in [1.29, 1.82) is 0 Å². The first-order valence-corrected chi connectivity index (χ1v) is 8.05. The predicted octanol–water partition coefficient (Wildman–Crippen LogP) is 2.17. The van der Waals surface area contributed by atoms with Gasteiger partial charge in [0.25, 0.3) is 0 Å². The lowest BCUT2D eigenvalue weighted by Crippen LogP contribution is -2.29. The van der Waals surface area contributed by atoms with Crippen molar-refractivity contribution in [2.45, 2.75) is 52.4 Å². The summed E-state index contributed by atoms with van der Waals surface area (Å²) in [5.41, 5.74) is 0. The van der Waals surface area contributed by atoms with Crippen molar-refractivity contribution in [2.24, 2.45) is 23.7 Å². The Bertz CT molecular complexity index is 459. The van der Waals surface area contributed by atoms with Gasteiger partial charge in [0.2, 0.25) is 0 Å². The number of carboxylic acid groups (broad SMARTS) is 4. The summed E-state index contributed by atoms with van der Waals surface area (Å²) in [5, 5.41) is 36.8. The summed E-state index contributed by atoms with van der Waals surface area (Å²) in [6.45, 7) is 3.40. The highest BCUT2D eigenvalue weighted by atomic mass is 16.4. The van der Waals surface area contributed by atoms with Crippen molar-refractivity contribution in [3.8, 4) is 0 Å². The number of rotatable bonds is 13. The van der Waals surface area contributed by atoms with Crippen LogP contribution in [0.1, 0.15) is 52.4 Å². The summed E-state index contributed by atoms with van der Waals surface area (Å²) in [4.78, 5) is 45.0. The van der Waals surface area contributed by atoms with Gasteiger partial charge in [-0.25, -0.2) is 0 Å². The maximum absolute atomic E-state index is 11.4. The molecule has 4 atom stereocenters. The Balaban J connectivity index is 5.14. The largest absolute Gasteiger partial charge is 0.481 e. The molecule has 8 heteroatoms. The van der Waals surface area contributed by atoms with Gasteiger partial charge in [-0.3, -0.25) is 19.2 Å². The monoisotopic (exact) mass is 346 g/mol. The van der Waals surface area contributed by atoms with Crippen molar-refractivity contribution in [2.75, 3.05) is 0 Å². The highest BCUT2D eigenvalue weighted by Gasteiger charge is 2.33. The Morgan fingerprint density at radius 2 is 0.958 bits per heavy atom. The average Bonchev–Trinajstić information content (AvgIpc) is 2.47. The van der Waals surface area contributed by atoms with E-state index in [0.717, 1.165) is 0 Å². The van der Waals surface area contributed by atoms with E-state index in [1.807, 2.05) is 0 Å². The lowest BCUT2D eigenvalue weighted by atomic mass is 9.81. The molecule has 0 aliphatic rings. The quantitative estimate of drug-likeness (QED) is 0.396. The molecule has 138 valence electrons. The van der Waals surface area contributed by atoms with Crippen LogP contribution in [0.2, 0.25) is 0 Å². The Kier molecular flexibility index (Phi) is 9.68. The van der Waals surface area contributed by atoms with Crippen LogP contribution in [0.4, 0.5) is 0 Å². The number of carboxylic acids is 4. The zero-order valence-electron chi connectivity index (χ0n) is 14.0. The third kappa shape index (κ3) is 7.43. The number of hydrogen-bond donors (Lipinski definition) is 4. The van der Waals surface area contributed by atoms with Crippen LogP contribution in [-0.2, 0) is 19.2 Å². The second-order valence-corrected chi connectivity index (χ2v) is 6.04. The van der Waals surface area contributed by atoms with E-state index in [0.29, 0.717) is 12.8 Å². The SMILES string of the molecule is CCCC(CC(CC(CC(CC)C(=O)O)C(=O)O)C(=O)O)C(=O)O. The first-order chi connectivity index (χ1) is 11.1. The summed E-state index contributed by atoms with van der Waals surface area (Å²) in [6.07, 6.45) is 0.515. The fraction of sp³-hybridized carbons (Fsp3) is 0.750. The minimum atomic E-state index is -1.26. The smallest absolute Gasteiger partial charge is 0.306 e. The van der Waals surface area contributed by atoms with Gasteiger partial charge in [-0.05, 0) is 32.1 Å². The van der Waals surface area contributed by atoms with E-state index in [1.165, 1.54) is 0 Å². The molecule has 0 bridgehead atoms. The lowest BCUT2D eigenvalue weighted by Gasteiger charge is -2.22. The van der Waals surface area contributed by atoms with Gasteiger partial charge < -0.3 is 20.4 Å². The highest BCUT2D eigenvalue weighted by molar-refractivity contribution is 5.76. The fourth-order valence-corrected chi connectivity index (χ4v) is 2.76. The van der Waals surface area contributed by atoms with E-state index in [2.05, 4.69) is 0 Å². The van der Waals surface area contributed by atoms with Crippen LogP contribution in [-0.4, -0.2) is 44.3 Å². The minimum Gasteiger partial charge on any atom is -0.481 e. The van der Waals surface area contributed by atoms with Crippen molar-refractivity contribution in [3.05, 3.63) is 0 Å². The van der Waals surface area contributed by atoms with Gasteiger partial charge in [0.15, 0.2) is 0 Å². The van der Waals surface area contributed by atoms with Gasteiger partial charge in [-0.1, -0.05) is 20.3 Å². The first kappa shape index (κ1) is 21.9. The summed E-state index contributed by atoms with van der Waals surface area (Å²) in [6, 6.07) is 0. The Morgan fingerprint density at radius 1 is 0.625 bits per heavy atom. The molecule has 24 heavy (non-hydrogen) atoms. The Labute approximate surface area is 140 Å². The van der Waals surface area contributed by atoms with E-state index in [1.54, 1.807) is 13.8 Å². The van der Waals surface area contributed by atoms with Gasteiger partial charge >= 0.3 is 23.9 Å². The van der Waals surface area contributed by atoms with Crippen LogP contribution in [0, 0.1) is 23.7 Å².